The Morgan fingerprint density at radius 3 is 2.47 bits per heavy atom. The predicted molar refractivity (Wildman–Crippen MR) is 110 cm³/mol. The second-order valence-corrected chi connectivity index (χ2v) is 6.25. The minimum absolute atomic E-state index is 0.0546. The van der Waals surface area contributed by atoms with Gasteiger partial charge in [-0.1, -0.05) is 12.1 Å². The molecule has 2 aromatic carbocycles. The molecule has 8 nitrogen and oxygen atoms in total. The number of hydrogen-bond donors (Lipinski definition) is 2. The van der Waals surface area contributed by atoms with Crippen LogP contribution in [0.25, 0.3) is 11.0 Å². The van der Waals surface area contributed by atoms with Crippen LogP contribution in [-0.4, -0.2) is 26.0 Å². The van der Waals surface area contributed by atoms with Crippen LogP contribution in [0.15, 0.2) is 69.7 Å². The third-order valence-electron chi connectivity index (χ3n) is 4.44. The van der Waals surface area contributed by atoms with Crippen LogP contribution in [0.3, 0.4) is 0 Å². The molecule has 2 heterocycles. The quantitative estimate of drug-likeness (QED) is 0.487. The third-order valence-corrected chi connectivity index (χ3v) is 4.44. The molecular formula is C22H18N2O6. The summed E-state index contributed by atoms with van der Waals surface area (Å²) in [7, 11) is 3.02. The molecule has 0 saturated heterocycles. The van der Waals surface area contributed by atoms with Gasteiger partial charge in [0, 0.05) is 11.5 Å². The van der Waals surface area contributed by atoms with Gasteiger partial charge in [-0.25, -0.2) is 0 Å². The number of benzene rings is 2. The Morgan fingerprint density at radius 2 is 1.73 bits per heavy atom. The molecule has 0 aliphatic rings. The zero-order chi connectivity index (χ0) is 21.1. The van der Waals surface area contributed by atoms with Crippen LogP contribution in [0, 0.1) is 0 Å². The van der Waals surface area contributed by atoms with Crippen LogP contribution in [0.4, 0.5) is 11.4 Å². The van der Waals surface area contributed by atoms with E-state index in [1.165, 1.54) is 26.5 Å². The number of anilines is 2. The number of hydrogen-bond acceptors (Lipinski definition) is 6. The van der Waals surface area contributed by atoms with Gasteiger partial charge < -0.3 is 28.9 Å². The maximum absolute atomic E-state index is 13.1. The van der Waals surface area contributed by atoms with E-state index < -0.39 is 11.8 Å². The Hall–Kier alpha value is -4.20. The lowest BCUT2D eigenvalue weighted by atomic mass is 10.2. The normalized spacial score (nSPS) is 10.6. The van der Waals surface area contributed by atoms with Crippen molar-refractivity contribution in [3.8, 4) is 11.5 Å². The Labute approximate surface area is 171 Å². The molecule has 2 N–H and O–H groups in total. The highest BCUT2D eigenvalue weighted by molar-refractivity contribution is 6.16. The van der Waals surface area contributed by atoms with Crippen molar-refractivity contribution in [1.82, 2.24) is 0 Å². The number of carbonyl (C=O) groups is 2. The number of fused-ring (bicyclic) bond motifs is 1. The number of amides is 2. The molecule has 4 rings (SSSR count). The number of furan rings is 2. The van der Waals surface area contributed by atoms with Crippen molar-refractivity contribution in [3.63, 3.8) is 0 Å². The smallest absolute Gasteiger partial charge is 0.293 e. The SMILES string of the molecule is COc1ccc(OC)c(NC(=O)c2oc3ccccc3c2NC(=O)c2ccco2)c1. The fourth-order valence-corrected chi connectivity index (χ4v) is 3.00. The molecule has 4 aromatic rings. The molecule has 0 unspecified atom stereocenters. The van der Waals surface area contributed by atoms with Crippen LogP contribution < -0.4 is 20.1 Å². The average molecular weight is 406 g/mol. The first-order chi connectivity index (χ1) is 14.6. The summed E-state index contributed by atoms with van der Waals surface area (Å²) >= 11 is 0. The monoisotopic (exact) mass is 406 g/mol. The average Bonchev–Trinajstić information content (AvgIpc) is 3.42. The van der Waals surface area contributed by atoms with E-state index >= 15 is 0 Å². The number of methoxy groups -OCH3 is 2. The molecule has 152 valence electrons. The van der Waals surface area contributed by atoms with Gasteiger partial charge in [0.05, 0.1) is 26.2 Å². The van der Waals surface area contributed by atoms with Gasteiger partial charge in [0.15, 0.2) is 5.76 Å². The van der Waals surface area contributed by atoms with Crippen molar-refractivity contribution < 1.29 is 27.9 Å². The number of nitrogens with one attached hydrogen (secondary N) is 2. The molecule has 0 aliphatic heterocycles. The van der Waals surface area contributed by atoms with Crippen LogP contribution in [0.5, 0.6) is 11.5 Å². The summed E-state index contributed by atoms with van der Waals surface area (Å²) in [5.74, 6) is -0.0161. The summed E-state index contributed by atoms with van der Waals surface area (Å²) in [6, 6.07) is 15.2. The number of ether oxygens (including phenoxy) is 2. The molecule has 0 spiro atoms. The van der Waals surface area contributed by atoms with Crippen LogP contribution in [-0.2, 0) is 0 Å². The fraction of sp³-hybridized carbons (Fsp3) is 0.0909. The van der Waals surface area contributed by atoms with Crippen LogP contribution >= 0.6 is 0 Å². The number of para-hydroxylation sites is 1. The molecule has 0 bridgehead atoms. The van der Waals surface area contributed by atoms with Crippen LogP contribution in [0.2, 0.25) is 0 Å². The maximum atomic E-state index is 13.1. The minimum atomic E-state index is -0.563. The number of rotatable bonds is 6. The molecule has 2 amide bonds. The first kappa shape index (κ1) is 19.1. The summed E-state index contributed by atoms with van der Waals surface area (Å²) in [6.07, 6.45) is 1.39. The summed E-state index contributed by atoms with van der Waals surface area (Å²) in [4.78, 5) is 25.6. The van der Waals surface area contributed by atoms with E-state index in [9.17, 15) is 9.59 Å². The van der Waals surface area contributed by atoms with Gasteiger partial charge in [-0.2, -0.15) is 0 Å². The second-order valence-electron chi connectivity index (χ2n) is 6.25. The predicted octanol–water partition coefficient (Wildman–Crippen LogP) is 4.55. The fourth-order valence-electron chi connectivity index (χ4n) is 3.00. The van der Waals surface area contributed by atoms with Crippen molar-refractivity contribution in [2.45, 2.75) is 0 Å². The Bertz CT molecular complexity index is 1210. The molecular weight excluding hydrogens is 388 g/mol. The lowest BCUT2D eigenvalue weighted by Crippen LogP contribution is -2.17. The molecule has 2 aromatic heterocycles. The summed E-state index contributed by atoms with van der Waals surface area (Å²) in [5, 5.41) is 6.04. The van der Waals surface area contributed by atoms with E-state index in [1.807, 2.05) is 0 Å². The van der Waals surface area contributed by atoms with Gasteiger partial charge in [0.2, 0.25) is 5.76 Å². The molecule has 0 saturated carbocycles. The van der Waals surface area contributed by atoms with E-state index in [2.05, 4.69) is 10.6 Å². The molecule has 0 fully saturated rings. The van der Waals surface area contributed by atoms with Crippen molar-refractivity contribution >= 4 is 34.2 Å². The Balaban J connectivity index is 1.71. The molecule has 8 heteroatoms. The first-order valence-electron chi connectivity index (χ1n) is 9.00. The third kappa shape index (κ3) is 3.58. The van der Waals surface area contributed by atoms with E-state index in [4.69, 9.17) is 18.3 Å². The molecule has 0 atom stereocenters. The topological polar surface area (TPSA) is 103 Å². The zero-order valence-corrected chi connectivity index (χ0v) is 16.2. The second kappa shape index (κ2) is 8.04. The minimum Gasteiger partial charge on any atom is -0.497 e. The summed E-state index contributed by atoms with van der Waals surface area (Å²) in [6.45, 7) is 0. The van der Waals surface area contributed by atoms with Gasteiger partial charge in [-0.05, 0) is 36.4 Å². The number of carbonyl (C=O) groups excluding carboxylic acids is 2. The van der Waals surface area contributed by atoms with Crippen molar-refractivity contribution in [1.29, 1.82) is 0 Å². The van der Waals surface area contributed by atoms with Gasteiger partial charge in [-0.15, -0.1) is 0 Å². The van der Waals surface area contributed by atoms with E-state index in [1.54, 1.807) is 48.5 Å². The van der Waals surface area contributed by atoms with Gasteiger partial charge in [-0.3, -0.25) is 9.59 Å². The standard InChI is InChI=1S/C22H18N2O6/c1-27-13-9-10-17(28-2)15(12-13)23-22(26)20-19(14-6-3-4-7-16(14)30-20)24-21(25)18-8-5-11-29-18/h3-12H,1-2H3,(H,23,26)(H,24,25). The van der Waals surface area contributed by atoms with Crippen molar-refractivity contribution in [3.05, 3.63) is 72.4 Å². The first-order valence-corrected chi connectivity index (χ1v) is 9.00. The van der Waals surface area contributed by atoms with Crippen molar-refractivity contribution in [2.24, 2.45) is 0 Å². The van der Waals surface area contributed by atoms with Gasteiger partial charge in [0.1, 0.15) is 22.8 Å². The van der Waals surface area contributed by atoms with E-state index in [-0.39, 0.29) is 17.2 Å². The maximum Gasteiger partial charge on any atom is 0.293 e. The van der Waals surface area contributed by atoms with E-state index in [0.717, 1.165) is 0 Å². The van der Waals surface area contributed by atoms with Crippen LogP contribution in [0.1, 0.15) is 21.1 Å². The van der Waals surface area contributed by atoms with Gasteiger partial charge >= 0.3 is 0 Å². The molecule has 30 heavy (non-hydrogen) atoms. The highest BCUT2D eigenvalue weighted by atomic mass is 16.5. The highest BCUT2D eigenvalue weighted by Crippen LogP contribution is 2.34. The molecule has 0 radical (unpaired) electrons. The highest BCUT2D eigenvalue weighted by Gasteiger charge is 2.24. The largest absolute Gasteiger partial charge is 0.497 e. The molecule has 0 aliphatic carbocycles. The summed E-state index contributed by atoms with van der Waals surface area (Å²) in [5.41, 5.74) is 1.09. The van der Waals surface area contributed by atoms with E-state index in [0.29, 0.717) is 28.2 Å². The lowest BCUT2D eigenvalue weighted by Gasteiger charge is -2.11. The van der Waals surface area contributed by atoms with Crippen molar-refractivity contribution in [2.75, 3.05) is 24.9 Å². The zero-order valence-electron chi connectivity index (χ0n) is 16.2. The summed E-state index contributed by atoms with van der Waals surface area (Å²) < 4.78 is 21.4. The Kier molecular flexibility index (Phi) is 5.13. The van der Waals surface area contributed by atoms with Gasteiger partial charge in [0.25, 0.3) is 11.8 Å². The lowest BCUT2D eigenvalue weighted by molar-refractivity contribution is 0.0995. The Morgan fingerprint density at radius 1 is 0.900 bits per heavy atom.